The second-order valence-corrected chi connectivity index (χ2v) is 6.23. The molecule has 1 heteroatoms. The summed E-state index contributed by atoms with van der Waals surface area (Å²) in [6.45, 7) is 7.63. The van der Waals surface area contributed by atoms with Gasteiger partial charge in [0.15, 0.2) is 0 Å². The van der Waals surface area contributed by atoms with Gasteiger partial charge in [0.05, 0.1) is 0 Å². The van der Waals surface area contributed by atoms with Crippen molar-refractivity contribution in [1.82, 2.24) is 5.32 Å². The maximum absolute atomic E-state index is 3.69. The molecule has 0 aliphatic rings. The molecule has 0 spiro atoms. The molecule has 0 heterocycles. The number of hydrogen-bond acceptors (Lipinski definition) is 1. The Hall–Kier alpha value is -0.480. The topological polar surface area (TPSA) is 12.0 Å². The fraction of sp³-hybridized carbons (Fsp3) is 0.900. The molecular weight excluding hydrogens is 254 g/mol. The number of hydrogen-bond donors (Lipinski definition) is 1. The van der Waals surface area contributed by atoms with E-state index in [1.54, 1.807) is 0 Å². The molecule has 0 fully saturated rings. The predicted octanol–water partition coefficient (Wildman–Crippen LogP) is 6.08. The predicted molar refractivity (Wildman–Crippen MR) is 96.6 cm³/mol. The van der Waals surface area contributed by atoms with Gasteiger partial charge >= 0.3 is 0 Å². The van der Waals surface area contributed by atoms with Crippen molar-refractivity contribution in [3.63, 3.8) is 0 Å². The van der Waals surface area contributed by atoms with Gasteiger partial charge in [-0.1, -0.05) is 71.6 Å². The van der Waals surface area contributed by atoms with Crippen molar-refractivity contribution < 1.29 is 0 Å². The standard InChI is InChI=1S/C20H39N/c1-4-7-9-10-11-12-13-14-16-18-20(21-19-6-3)17-15-8-5-2/h20-21H,4,6-7,9-19H2,1-3H3. The van der Waals surface area contributed by atoms with Crippen LogP contribution in [-0.4, -0.2) is 12.6 Å². The highest BCUT2D eigenvalue weighted by Gasteiger charge is 2.06. The van der Waals surface area contributed by atoms with Crippen LogP contribution in [0, 0.1) is 11.8 Å². The SMILES string of the molecule is CC#CCCC(CCCCCCCCCCC)NCCC. The van der Waals surface area contributed by atoms with Gasteiger partial charge in [0.1, 0.15) is 0 Å². The first-order valence-electron chi connectivity index (χ1n) is 9.48. The Balaban J connectivity index is 3.50. The maximum Gasteiger partial charge on any atom is 0.0103 e. The monoisotopic (exact) mass is 293 g/mol. The van der Waals surface area contributed by atoms with Gasteiger partial charge in [-0.25, -0.2) is 0 Å². The van der Waals surface area contributed by atoms with E-state index < -0.39 is 0 Å². The molecule has 0 aliphatic heterocycles. The van der Waals surface area contributed by atoms with Gasteiger partial charge in [-0.3, -0.25) is 0 Å². The molecule has 0 amide bonds. The third-order valence-corrected chi connectivity index (χ3v) is 4.13. The Labute approximate surface area is 134 Å². The lowest BCUT2D eigenvalue weighted by molar-refractivity contribution is 0.433. The first kappa shape index (κ1) is 20.5. The van der Waals surface area contributed by atoms with Gasteiger partial charge in [-0.15, -0.1) is 11.8 Å². The molecule has 0 bridgehead atoms. The molecule has 0 saturated carbocycles. The zero-order chi connectivity index (χ0) is 15.6. The molecule has 0 aromatic carbocycles. The summed E-state index contributed by atoms with van der Waals surface area (Å²) in [5, 5.41) is 3.69. The summed E-state index contributed by atoms with van der Waals surface area (Å²) in [4.78, 5) is 0. The first-order valence-corrected chi connectivity index (χ1v) is 9.48. The normalized spacial score (nSPS) is 12.0. The molecule has 1 unspecified atom stereocenters. The van der Waals surface area contributed by atoms with Crippen molar-refractivity contribution in [2.45, 2.75) is 110 Å². The molecule has 0 aromatic rings. The van der Waals surface area contributed by atoms with Crippen LogP contribution >= 0.6 is 0 Å². The summed E-state index contributed by atoms with van der Waals surface area (Å²) in [5.74, 6) is 6.21. The average Bonchev–Trinajstić information content (AvgIpc) is 2.50. The Bertz CT molecular complexity index is 248. The van der Waals surface area contributed by atoms with Crippen molar-refractivity contribution in [3.05, 3.63) is 0 Å². The van der Waals surface area contributed by atoms with Gasteiger partial charge < -0.3 is 5.32 Å². The minimum absolute atomic E-state index is 0.690. The van der Waals surface area contributed by atoms with E-state index in [2.05, 4.69) is 31.0 Å². The Kier molecular flexibility index (Phi) is 17.2. The Morgan fingerprint density at radius 1 is 0.762 bits per heavy atom. The Morgan fingerprint density at radius 2 is 1.38 bits per heavy atom. The van der Waals surface area contributed by atoms with Gasteiger partial charge in [-0.2, -0.15) is 0 Å². The second-order valence-electron chi connectivity index (χ2n) is 6.23. The second kappa shape index (κ2) is 17.6. The zero-order valence-corrected chi connectivity index (χ0v) is 15.0. The van der Waals surface area contributed by atoms with Crippen molar-refractivity contribution in [2.24, 2.45) is 0 Å². The van der Waals surface area contributed by atoms with Crippen LogP contribution in [0.4, 0.5) is 0 Å². The van der Waals surface area contributed by atoms with Crippen LogP contribution in [0.25, 0.3) is 0 Å². The highest BCUT2D eigenvalue weighted by atomic mass is 14.9. The molecule has 1 nitrogen and oxygen atoms in total. The molecule has 0 aromatic heterocycles. The Morgan fingerprint density at radius 3 is 1.95 bits per heavy atom. The number of nitrogens with one attached hydrogen (secondary N) is 1. The van der Waals surface area contributed by atoms with Crippen LogP contribution < -0.4 is 5.32 Å². The summed E-state index contributed by atoms with van der Waals surface area (Å²) in [6, 6.07) is 0.690. The minimum atomic E-state index is 0.690. The molecule has 0 saturated heterocycles. The summed E-state index contributed by atoms with van der Waals surface area (Å²) in [6.07, 6.45) is 17.6. The molecule has 124 valence electrons. The summed E-state index contributed by atoms with van der Waals surface area (Å²) in [7, 11) is 0. The van der Waals surface area contributed by atoms with Crippen LogP contribution in [0.2, 0.25) is 0 Å². The summed E-state index contributed by atoms with van der Waals surface area (Å²) in [5.41, 5.74) is 0. The van der Waals surface area contributed by atoms with E-state index in [0.29, 0.717) is 6.04 Å². The van der Waals surface area contributed by atoms with Crippen LogP contribution in [0.15, 0.2) is 0 Å². The van der Waals surface area contributed by atoms with Gasteiger partial charge in [0, 0.05) is 12.5 Å². The highest BCUT2D eigenvalue weighted by molar-refractivity contribution is 4.95. The van der Waals surface area contributed by atoms with Crippen LogP contribution in [0.1, 0.15) is 104 Å². The number of unbranched alkanes of at least 4 members (excludes halogenated alkanes) is 8. The van der Waals surface area contributed by atoms with E-state index in [9.17, 15) is 0 Å². The lowest BCUT2D eigenvalue weighted by Crippen LogP contribution is -2.29. The molecule has 0 radical (unpaired) electrons. The molecule has 21 heavy (non-hydrogen) atoms. The molecule has 0 rings (SSSR count). The van der Waals surface area contributed by atoms with Crippen molar-refractivity contribution >= 4 is 0 Å². The lowest BCUT2D eigenvalue weighted by atomic mass is 10.0. The molecule has 0 aliphatic carbocycles. The van der Waals surface area contributed by atoms with E-state index in [-0.39, 0.29) is 0 Å². The van der Waals surface area contributed by atoms with E-state index in [0.717, 1.165) is 13.0 Å². The fourth-order valence-electron chi connectivity index (χ4n) is 2.77. The maximum atomic E-state index is 3.69. The van der Waals surface area contributed by atoms with E-state index in [1.165, 1.54) is 77.0 Å². The van der Waals surface area contributed by atoms with E-state index >= 15 is 0 Å². The van der Waals surface area contributed by atoms with Crippen LogP contribution in [-0.2, 0) is 0 Å². The van der Waals surface area contributed by atoms with E-state index in [4.69, 9.17) is 0 Å². The van der Waals surface area contributed by atoms with Crippen molar-refractivity contribution in [3.8, 4) is 11.8 Å². The quantitative estimate of drug-likeness (QED) is 0.285. The molecular formula is C20H39N. The average molecular weight is 294 g/mol. The number of rotatable bonds is 15. The lowest BCUT2D eigenvalue weighted by Gasteiger charge is -2.17. The minimum Gasteiger partial charge on any atom is -0.314 e. The van der Waals surface area contributed by atoms with Gasteiger partial charge in [0.2, 0.25) is 0 Å². The van der Waals surface area contributed by atoms with Gasteiger partial charge in [-0.05, 0) is 32.7 Å². The zero-order valence-electron chi connectivity index (χ0n) is 15.0. The third-order valence-electron chi connectivity index (χ3n) is 4.13. The highest BCUT2D eigenvalue weighted by Crippen LogP contribution is 2.13. The summed E-state index contributed by atoms with van der Waals surface area (Å²) >= 11 is 0. The van der Waals surface area contributed by atoms with E-state index in [1.807, 2.05) is 6.92 Å². The molecule has 1 atom stereocenters. The van der Waals surface area contributed by atoms with Crippen molar-refractivity contribution in [1.29, 1.82) is 0 Å². The molecule has 1 N–H and O–H groups in total. The van der Waals surface area contributed by atoms with Gasteiger partial charge in [0.25, 0.3) is 0 Å². The first-order chi connectivity index (χ1) is 10.3. The fourth-order valence-corrected chi connectivity index (χ4v) is 2.77. The van der Waals surface area contributed by atoms with Crippen LogP contribution in [0.5, 0.6) is 0 Å². The summed E-state index contributed by atoms with van der Waals surface area (Å²) < 4.78 is 0. The largest absolute Gasteiger partial charge is 0.314 e. The van der Waals surface area contributed by atoms with Crippen LogP contribution in [0.3, 0.4) is 0 Å². The van der Waals surface area contributed by atoms with Crippen molar-refractivity contribution in [2.75, 3.05) is 6.54 Å². The third kappa shape index (κ3) is 15.7. The smallest absolute Gasteiger partial charge is 0.0103 e.